The summed E-state index contributed by atoms with van der Waals surface area (Å²) in [5.41, 5.74) is 2.12. The van der Waals surface area contributed by atoms with Crippen LogP contribution in [0.25, 0.3) is 0 Å². The van der Waals surface area contributed by atoms with Crippen LogP contribution in [0.15, 0.2) is 24.3 Å². The lowest BCUT2D eigenvalue weighted by Crippen LogP contribution is -2.40. The van der Waals surface area contributed by atoms with Gasteiger partial charge >= 0.3 is 5.97 Å². The fourth-order valence-electron chi connectivity index (χ4n) is 4.29. The Hall–Kier alpha value is -2.37. The Morgan fingerprint density at radius 3 is 2.21 bits per heavy atom. The molecule has 0 aliphatic heterocycles. The Balaban J connectivity index is 1.46. The zero-order valence-electron chi connectivity index (χ0n) is 17.0. The van der Waals surface area contributed by atoms with Crippen molar-refractivity contribution < 1.29 is 19.1 Å². The fraction of sp³-hybridized carbons (Fsp3) is 0.591. The molecule has 6 heteroatoms. The van der Waals surface area contributed by atoms with Crippen molar-refractivity contribution in [2.75, 3.05) is 32.6 Å². The van der Waals surface area contributed by atoms with Crippen LogP contribution < -0.4 is 4.90 Å². The first-order chi connectivity index (χ1) is 13.3. The summed E-state index contributed by atoms with van der Waals surface area (Å²) in [6, 6.07) is 8.00. The van der Waals surface area contributed by atoms with Crippen LogP contribution in [0.1, 0.15) is 37.7 Å². The molecular formula is C22H30N2O4. The minimum atomic E-state index is -0.332. The molecule has 0 aromatic heterocycles. The molecule has 0 saturated heterocycles. The van der Waals surface area contributed by atoms with Crippen molar-refractivity contribution in [2.45, 2.75) is 38.6 Å². The molecule has 28 heavy (non-hydrogen) atoms. The van der Waals surface area contributed by atoms with E-state index >= 15 is 0 Å². The van der Waals surface area contributed by atoms with E-state index < -0.39 is 0 Å². The number of likely N-dealkylation sites (N-methyl/N-ethyl adjacent to an activating group) is 1. The molecule has 2 bridgehead atoms. The molecule has 152 valence electrons. The molecule has 2 atom stereocenters. The Bertz CT molecular complexity index is 713. The van der Waals surface area contributed by atoms with Gasteiger partial charge in [0.15, 0.2) is 6.61 Å². The zero-order chi connectivity index (χ0) is 20.3. The summed E-state index contributed by atoms with van der Waals surface area (Å²) >= 11 is 0. The number of benzene rings is 1. The van der Waals surface area contributed by atoms with Gasteiger partial charge in [-0.2, -0.15) is 0 Å². The van der Waals surface area contributed by atoms with Crippen molar-refractivity contribution in [3.05, 3.63) is 29.8 Å². The van der Waals surface area contributed by atoms with E-state index in [-0.39, 0.29) is 36.2 Å². The van der Waals surface area contributed by atoms with Crippen molar-refractivity contribution in [1.29, 1.82) is 0 Å². The number of ketones is 1. The van der Waals surface area contributed by atoms with Gasteiger partial charge in [0.25, 0.3) is 5.91 Å². The predicted molar refractivity (Wildman–Crippen MR) is 107 cm³/mol. The van der Waals surface area contributed by atoms with Crippen molar-refractivity contribution >= 4 is 23.3 Å². The van der Waals surface area contributed by atoms with Crippen molar-refractivity contribution in [1.82, 2.24) is 4.90 Å². The van der Waals surface area contributed by atoms with Gasteiger partial charge < -0.3 is 14.5 Å². The number of Topliss-reactive ketones (excluding diaryl/α,β-unsaturated/α-hetero) is 1. The third-order valence-corrected chi connectivity index (χ3v) is 6.02. The molecule has 0 N–H and O–H groups in total. The van der Waals surface area contributed by atoms with Crippen LogP contribution in [0.4, 0.5) is 5.69 Å². The maximum atomic E-state index is 12.4. The number of anilines is 1. The van der Waals surface area contributed by atoms with E-state index in [9.17, 15) is 14.4 Å². The van der Waals surface area contributed by atoms with Gasteiger partial charge in [0, 0.05) is 45.2 Å². The Kier molecular flexibility index (Phi) is 6.37. The molecule has 2 unspecified atom stereocenters. The summed E-state index contributed by atoms with van der Waals surface area (Å²) in [5.74, 6) is -0.461. The average molecular weight is 386 g/mol. The topological polar surface area (TPSA) is 66.9 Å². The van der Waals surface area contributed by atoms with Crippen LogP contribution in [0, 0.1) is 17.8 Å². The first-order valence-corrected chi connectivity index (χ1v) is 10.1. The average Bonchev–Trinajstić information content (AvgIpc) is 2.66. The monoisotopic (exact) mass is 386 g/mol. The van der Waals surface area contributed by atoms with E-state index in [1.54, 1.807) is 11.9 Å². The Morgan fingerprint density at radius 1 is 1.04 bits per heavy atom. The molecule has 2 aliphatic rings. The lowest BCUT2D eigenvalue weighted by atomic mass is 9.67. The van der Waals surface area contributed by atoms with E-state index in [0.29, 0.717) is 25.2 Å². The number of carbonyl (C=O) groups excluding carboxylic acids is 3. The molecule has 0 radical (unpaired) electrons. The van der Waals surface area contributed by atoms with Gasteiger partial charge in [-0.1, -0.05) is 18.6 Å². The molecule has 0 heterocycles. The lowest BCUT2D eigenvalue weighted by molar-refractivity contribution is -0.158. The fourth-order valence-corrected chi connectivity index (χ4v) is 4.29. The zero-order valence-corrected chi connectivity index (χ0v) is 17.0. The van der Waals surface area contributed by atoms with E-state index in [1.807, 2.05) is 43.3 Å². The maximum Gasteiger partial charge on any atom is 0.309 e. The first kappa shape index (κ1) is 20.4. The number of fused-ring (bicyclic) bond motifs is 2. The number of esters is 1. The Labute approximate surface area is 166 Å². The largest absolute Gasteiger partial charge is 0.455 e. The predicted octanol–water partition coefficient (Wildman–Crippen LogP) is 2.65. The molecule has 1 amide bonds. The Morgan fingerprint density at radius 2 is 1.64 bits per heavy atom. The number of nitrogens with zero attached hydrogens (tertiary/aromatic N) is 2. The minimum absolute atomic E-state index is 0.00793. The summed E-state index contributed by atoms with van der Waals surface area (Å²) in [7, 11) is 5.67. The number of rotatable bonds is 6. The van der Waals surface area contributed by atoms with Crippen LogP contribution in [-0.2, 0) is 25.7 Å². The normalized spacial score (nSPS) is 23.8. The van der Waals surface area contributed by atoms with Crippen LogP contribution >= 0.6 is 0 Å². The quantitative estimate of drug-likeness (QED) is 0.703. The minimum Gasteiger partial charge on any atom is -0.455 e. The second-order valence-corrected chi connectivity index (χ2v) is 8.31. The van der Waals surface area contributed by atoms with Crippen LogP contribution in [-0.4, -0.2) is 50.3 Å². The van der Waals surface area contributed by atoms with Gasteiger partial charge in [-0.15, -0.1) is 0 Å². The third-order valence-electron chi connectivity index (χ3n) is 6.02. The van der Waals surface area contributed by atoms with Gasteiger partial charge in [-0.05, 0) is 43.4 Å². The van der Waals surface area contributed by atoms with Crippen molar-refractivity contribution in [2.24, 2.45) is 17.8 Å². The van der Waals surface area contributed by atoms with E-state index in [2.05, 4.69) is 0 Å². The highest BCUT2D eigenvalue weighted by molar-refractivity contribution is 5.88. The van der Waals surface area contributed by atoms with Gasteiger partial charge in [0.1, 0.15) is 5.78 Å². The van der Waals surface area contributed by atoms with Gasteiger partial charge in [0.05, 0.1) is 5.92 Å². The van der Waals surface area contributed by atoms with Crippen molar-refractivity contribution in [3.8, 4) is 0 Å². The van der Waals surface area contributed by atoms with Gasteiger partial charge in [-0.3, -0.25) is 14.4 Å². The van der Waals surface area contributed by atoms with E-state index in [4.69, 9.17) is 4.74 Å². The van der Waals surface area contributed by atoms with Gasteiger partial charge in [-0.25, -0.2) is 0 Å². The van der Waals surface area contributed by atoms with Crippen LogP contribution in [0.2, 0.25) is 0 Å². The maximum absolute atomic E-state index is 12.4. The smallest absolute Gasteiger partial charge is 0.309 e. The third kappa shape index (κ3) is 4.72. The summed E-state index contributed by atoms with van der Waals surface area (Å²) in [6.07, 6.45) is 4.00. The molecule has 2 fully saturated rings. The summed E-state index contributed by atoms with van der Waals surface area (Å²) < 4.78 is 5.31. The molecule has 2 aliphatic carbocycles. The molecule has 3 rings (SSSR count). The van der Waals surface area contributed by atoms with Gasteiger partial charge in [0.2, 0.25) is 0 Å². The van der Waals surface area contributed by atoms with Crippen molar-refractivity contribution in [3.63, 3.8) is 0 Å². The van der Waals surface area contributed by atoms with E-state index in [1.165, 1.54) is 0 Å². The second kappa shape index (κ2) is 8.76. The molecule has 1 aromatic rings. The summed E-state index contributed by atoms with van der Waals surface area (Å²) in [6.45, 7) is 0.219. The highest BCUT2D eigenvalue weighted by Gasteiger charge is 2.41. The number of hydrogen-bond donors (Lipinski definition) is 0. The molecule has 0 spiro atoms. The van der Waals surface area contributed by atoms with E-state index in [0.717, 1.165) is 30.5 Å². The highest BCUT2D eigenvalue weighted by Crippen LogP contribution is 2.40. The van der Waals surface area contributed by atoms with Crippen LogP contribution in [0.3, 0.4) is 0 Å². The SMILES string of the molecule is CN(Cc1ccc(N(C)C)cc1)C(=O)COC(=O)C1CC2CCCC(C1)C2=O. The number of carbonyl (C=O) groups is 3. The summed E-state index contributed by atoms with van der Waals surface area (Å²) in [4.78, 5) is 40.5. The molecule has 1 aromatic carbocycles. The molecule has 2 saturated carbocycles. The lowest BCUT2D eigenvalue weighted by Gasteiger charge is -2.36. The highest BCUT2D eigenvalue weighted by atomic mass is 16.5. The second-order valence-electron chi connectivity index (χ2n) is 8.31. The molecule has 6 nitrogen and oxygen atoms in total. The number of hydrogen-bond acceptors (Lipinski definition) is 5. The summed E-state index contributed by atoms with van der Waals surface area (Å²) in [5, 5.41) is 0. The number of amides is 1. The molecular weight excluding hydrogens is 356 g/mol. The van der Waals surface area contributed by atoms with Crippen LogP contribution in [0.5, 0.6) is 0 Å². The number of ether oxygens (including phenoxy) is 1. The first-order valence-electron chi connectivity index (χ1n) is 10.1. The standard InChI is InChI=1S/C22H30N2O4/c1-23(2)19-9-7-15(8-10-19)13-24(3)20(25)14-28-22(27)18-11-16-5-4-6-17(12-18)21(16)26/h7-10,16-18H,4-6,11-14H2,1-3H3.